The number of halogens is 1. The van der Waals surface area contributed by atoms with Gasteiger partial charge >= 0.3 is 5.97 Å². The van der Waals surface area contributed by atoms with E-state index in [0.717, 1.165) is 0 Å². The molecule has 0 saturated carbocycles. The molecule has 0 aliphatic carbocycles. The summed E-state index contributed by atoms with van der Waals surface area (Å²) in [5, 5.41) is 7.89. The van der Waals surface area contributed by atoms with E-state index in [9.17, 15) is 4.79 Å². The first-order valence-electron chi connectivity index (χ1n) is 10.4. The number of unbranched alkanes of at least 4 members (excludes halogenated alkanes) is 13. The summed E-state index contributed by atoms with van der Waals surface area (Å²) in [5.74, 6) is -0.935. The van der Waals surface area contributed by atoms with E-state index >= 15 is 0 Å². The van der Waals surface area contributed by atoms with Crippen LogP contribution in [0.4, 0.5) is 0 Å². The summed E-state index contributed by atoms with van der Waals surface area (Å²) in [6.45, 7) is 8.16. The van der Waals surface area contributed by atoms with Crippen molar-refractivity contribution in [3.05, 3.63) is 12.2 Å². The number of carboxylic acids is 1. The molecule has 0 atom stereocenters. The maximum absolute atomic E-state index is 9.60. The lowest BCUT2D eigenvalue weighted by Crippen LogP contribution is -2.12. The van der Waals surface area contributed by atoms with E-state index < -0.39 is 5.97 Å². The van der Waals surface area contributed by atoms with Crippen LogP contribution >= 0.6 is 17.0 Å². The third kappa shape index (κ3) is 31.4. The first kappa shape index (κ1) is 30.4. The second-order valence-electron chi connectivity index (χ2n) is 7.48. The van der Waals surface area contributed by atoms with E-state index in [0.29, 0.717) is 0 Å². The van der Waals surface area contributed by atoms with Crippen LogP contribution in [0.2, 0.25) is 0 Å². The van der Waals surface area contributed by atoms with Crippen LogP contribution in [-0.2, 0) is 4.79 Å². The van der Waals surface area contributed by atoms with Gasteiger partial charge in [-0.15, -0.1) is 17.0 Å². The van der Waals surface area contributed by atoms with Crippen LogP contribution in [-0.4, -0.2) is 36.6 Å². The molecule has 3 nitrogen and oxygen atoms in total. The van der Waals surface area contributed by atoms with E-state index in [4.69, 9.17) is 5.11 Å². The molecule has 0 aromatic rings. The maximum Gasteiger partial charge on any atom is 0.330 e. The number of carboxylic acid groups (broad SMARTS) is 1. The summed E-state index contributed by atoms with van der Waals surface area (Å²) < 4.78 is 0. The van der Waals surface area contributed by atoms with Crippen molar-refractivity contribution in [3.63, 3.8) is 0 Å². The molecule has 1 N–H and O–H groups in total. The summed E-state index contributed by atoms with van der Waals surface area (Å²) in [4.78, 5) is 11.9. The van der Waals surface area contributed by atoms with Gasteiger partial charge in [0.2, 0.25) is 0 Å². The molecule has 0 radical (unpaired) electrons. The van der Waals surface area contributed by atoms with Gasteiger partial charge < -0.3 is 10.0 Å². The minimum absolute atomic E-state index is 0. The zero-order valence-electron chi connectivity index (χ0n) is 18.0. The van der Waals surface area contributed by atoms with Gasteiger partial charge in [0.15, 0.2) is 0 Å². The van der Waals surface area contributed by atoms with Gasteiger partial charge in [-0.05, 0) is 34.0 Å². The predicted molar refractivity (Wildman–Crippen MR) is 122 cm³/mol. The molecule has 0 aliphatic heterocycles. The van der Waals surface area contributed by atoms with Gasteiger partial charge in [0, 0.05) is 5.57 Å². The highest BCUT2D eigenvalue weighted by molar-refractivity contribution is 8.93. The number of rotatable bonds is 16. The van der Waals surface area contributed by atoms with E-state index in [-0.39, 0.29) is 22.6 Å². The topological polar surface area (TPSA) is 40.5 Å². The van der Waals surface area contributed by atoms with E-state index in [2.05, 4.69) is 32.5 Å². The van der Waals surface area contributed by atoms with E-state index in [1.807, 2.05) is 0 Å². The maximum atomic E-state index is 9.60. The molecule has 26 heavy (non-hydrogen) atoms. The fraction of sp³-hybridized carbons (Fsp3) is 0.864. The van der Waals surface area contributed by atoms with Crippen LogP contribution in [0.1, 0.15) is 104 Å². The van der Waals surface area contributed by atoms with Crippen LogP contribution in [0.3, 0.4) is 0 Å². The number of hydrogen-bond acceptors (Lipinski definition) is 2. The Morgan fingerprint density at radius 2 is 1.04 bits per heavy atom. The minimum Gasteiger partial charge on any atom is -0.478 e. The molecule has 0 bridgehead atoms. The van der Waals surface area contributed by atoms with Crippen molar-refractivity contribution in [1.82, 2.24) is 4.90 Å². The quantitative estimate of drug-likeness (QED) is 0.205. The number of nitrogens with zero attached hydrogens (tertiary/aromatic N) is 1. The zero-order chi connectivity index (χ0) is 19.3. The van der Waals surface area contributed by atoms with Gasteiger partial charge in [-0.1, -0.05) is 97.0 Å². The lowest BCUT2D eigenvalue weighted by atomic mass is 10.0. The highest BCUT2D eigenvalue weighted by Gasteiger charge is 1.94. The van der Waals surface area contributed by atoms with Gasteiger partial charge in [-0.25, -0.2) is 4.79 Å². The highest BCUT2D eigenvalue weighted by Crippen LogP contribution is 2.12. The van der Waals surface area contributed by atoms with E-state index in [1.54, 1.807) is 0 Å². The number of hydrogen-bond donors (Lipinski definition) is 1. The van der Waals surface area contributed by atoms with Crippen molar-refractivity contribution in [2.75, 3.05) is 20.6 Å². The van der Waals surface area contributed by atoms with Crippen LogP contribution in [0.25, 0.3) is 0 Å². The summed E-state index contributed by atoms with van der Waals surface area (Å²) >= 11 is 0. The fourth-order valence-electron chi connectivity index (χ4n) is 2.62. The normalized spacial score (nSPS) is 10.0. The lowest BCUT2D eigenvalue weighted by Gasteiger charge is -2.08. The Bertz CT molecular complexity index is 295. The zero-order valence-corrected chi connectivity index (χ0v) is 19.7. The molecule has 0 saturated heterocycles. The van der Waals surface area contributed by atoms with Gasteiger partial charge in [0.25, 0.3) is 0 Å². The van der Waals surface area contributed by atoms with Gasteiger partial charge in [0.05, 0.1) is 0 Å². The molecule has 4 heteroatoms. The van der Waals surface area contributed by atoms with Crippen LogP contribution in [0.5, 0.6) is 0 Å². The smallest absolute Gasteiger partial charge is 0.330 e. The number of carbonyl (C=O) groups is 1. The van der Waals surface area contributed by atoms with Crippen molar-refractivity contribution in [3.8, 4) is 0 Å². The molecule has 0 aromatic heterocycles. The average Bonchev–Trinajstić information content (AvgIpc) is 2.55. The Morgan fingerprint density at radius 3 is 1.27 bits per heavy atom. The molecular formula is C22H46BrNO2. The molecule has 0 amide bonds. The van der Waals surface area contributed by atoms with Crippen molar-refractivity contribution in [2.24, 2.45) is 0 Å². The molecule has 0 heterocycles. The average molecular weight is 437 g/mol. The molecule has 0 unspecified atom stereocenters. The van der Waals surface area contributed by atoms with Gasteiger partial charge in [0.1, 0.15) is 0 Å². The van der Waals surface area contributed by atoms with Crippen LogP contribution in [0.15, 0.2) is 12.2 Å². The summed E-state index contributed by atoms with van der Waals surface area (Å²) in [6, 6.07) is 0. The third-order valence-corrected chi connectivity index (χ3v) is 4.32. The third-order valence-electron chi connectivity index (χ3n) is 4.32. The molecule has 0 rings (SSSR count). The first-order chi connectivity index (χ1) is 11.9. The Balaban J connectivity index is -0.000000649. The molecular weight excluding hydrogens is 390 g/mol. The monoisotopic (exact) mass is 435 g/mol. The predicted octanol–water partition coefficient (Wildman–Crippen LogP) is 7.25. The van der Waals surface area contributed by atoms with E-state index in [1.165, 1.54) is 103 Å². The van der Waals surface area contributed by atoms with Gasteiger partial charge in [-0.2, -0.15) is 0 Å². The Labute approximate surface area is 174 Å². The Hall–Kier alpha value is -0.350. The minimum atomic E-state index is -0.935. The highest BCUT2D eigenvalue weighted by atomic mass is 79.9. The van der Waals surface area contributed by atoms with Crippen molar-refractivity contribution in [1.29, 1.82) is 0 Å². The molecule has 0 spiro atoms. The van der Waals surface area contributed by atoms with Gasteiger partial charge in [-0.3, -0.25) is 0 Å². The Kier molecular flexibility index (Phi) is 28.8. The molecule has 0 fully saturated rings. The second-order valence-corrected chi connectivity index (χ2v) is 7.48. The van der Waals surface area contributed by atoms with Crippen molar-refractivity contribution in [2.45, 2.75) is 104 Å². The summed E-state index contributed by atoms with van der Waals surface area (Å²) in [6.07, 6.45) is 20.3. The first-order valence-corrected chi connectivity index (χ1v) is 10.4. The molecule has 0 aromatic carbocycles. The fourth-order valence-corrected chi connectivity index (χ4v) is 2.62. The Morgan fingerprint density at radius 1 is 0.769 bits per heavy atom. The largest absolute Gasteiger partial charge is 0.478 e. The van der Waals surface area contributed by atoms with Crippen molar-refractivity contribution >= 4 is 23.0 Å². The van der Waals surface area contributed by atoms with Crippen LogP contribution in [0, 0.1) is 0 Å². The molecule has 158 valence electrons. The summed E-state index contributed by atoms with van der Waals surface area (Å²) in [5.41, 5.74) is 0.176. The van der Waals surface area contributed by atoms with Crippen molar-refractivity contribution < 1.29 is 9.90 Å². The lowest BCUT2D eigenvalue weighted by molar-refractivity contribution is -0.132. The molecule has 0 aliphatic rings. The summed E-state index contributed by atoms with van der Waals surface area (Å²) in [7, 11) is 4.34. The standard InChI is InChI=1S/C18H39N.C4H6O2.BrH/c1-4-5-6-7-8-9-10-11-12-13-14-15-16-17-18-19(2)3;1-3(2)4(5)6;/h4-18H2,1-3H3;1H2,2H3,(H,5,6);1H. The second kappa shape index (κ2) is 24.7. The van der Waals surface area contributed by atoms with Crippen LogP contribution < -0.4 is 0 Å². The number of aliphatic carboxylic acids is 1. The SMILES string of the molecule is Br.C=C(C)C(=O)O.CCCCCCCCCCCCCCCCN(C)C.